The summed E-state index contributed by atoms with van der Waals surface area (Å²) in [4.78, 5) is 17.8. The fourth-order valence-corrected chi connectivity index (χ4v) is 4.56. The Kier molecular flexibility index (Phi) is 4.72. The number of aromatic nitrogens is 3. The molecule has 1 N–H and O–H groups in total. The number of pyridine rings is 1. The van der Waals surface area contributed by atoms with Crippen molar-refractivity contribution < 1.29 is 0 Å². The molecular formula is C22H21N5S. The summed E-state index contributed by atoms with van der Waals surface area (Å²) in [6, 6.07) is 14.3. The van der Waals surface area contributed by atoms with Gasteiger partial charge in [-0.05, 0) is 47.7 Å². The lowest BCUT2D eigenvalue weighted by molar-refractivity contribution is 0.266. The maximum atomic E-state index is 4.80. The molecular weight excluding hydrogens is 366 g/mol. The van der Waals surface area contributed by atoms with Gasteiger partial charge in [-0.1, -0.05) is 12.1 Å². The molecule has 5 nitrogen and oxygen atoms in total. The molecule has 0 atom stereocenters. The Morgan fingerprint density at radius 1 is 1.07 bits per heavy atom. The molecule has 0 aliphatic carbocycles. The molecule has 1 aromatic carbocycles. The molecule has 140 valence electrons. The minimum absolute atomic E-state index is 0.704. The lowest BCUT2D eigenvalue weighted by Crippen LogP contribution is -2.33. The predicted molar refractivity (Wildman–Crippen MR) is 115 cm³/mol. The van der Waals surface area contributed by atoms with Crippen molar-refractivity contribution in [2.75, 3.05) is 25.0 Å². The Labute approximate surface area is 168 Å². The predicted octanol–water partition coefficient (Wildman–Crippen LogP) is 4.22. The molecule has 0 radical (unpaired) electrons. The zero-order chi connectivity index (χ0) is 18.8. The highest BCUT2D eigenvalue weighted by Gasteiger charge is 2.17. The van der Waals surface area contributed by atoms with Gasteiger partial charge in [0.25, 0.3) is 0 Å². The summed E-state index contributed by atoms with van der Waals surface area (Å²) in [6.07, 6.45) is 4.73. The van der Waals surface area contributed by atoms with E-state index in [-0.39, 0.29) is 0 Å². The van der Waals surface area contributed by atoms with Crippen LogP contribution in [0.15, 0.2) is 60.2 Å². The normalized spacial score (nSPS) is 14.1. The Morgan fingerprint density at radius 2 is 2.04 bits per heavy atom. The summed E-state index contributed by atoms with van der Waals surface area (Å²) in [6.45, 7) is 4.02. The average molecular weight is 388 g/mol. The minimum atomic E-state index is 0.704. The third kappa shape index (κ3) is 3.48. The van der Waals surface area contributed by atoms with Gasteiger partial charge in [-0.25, -0.2) is 9.97 Å². The number of fused-ring (bicyclic) bond motifs is 2. The van der Waals surface area contributed by atoms with Crippen LogP contribution in [0.3, 0.4) is 0 Å². The number of hydrogen-bond donors (Lipinski definition) is 1. The molecule has 0 bridgehead atoms. The van der Waals surface area contributed by atoms with Crippen LogP contribution in [-0.4, -0.2) is 39.5 Å². The van der Waals surface area contributed by atoms with E-state index >= 15 is 0 Å². The Bertz CT molecular complexity index is 1090. The maximum absolute atomic E-state index is 4.80. The van der Waals surface area contributed by atoms with Gasteiger partial charge in [0.15, 0.2) is 5.82 Å². The topological polar surface area (TPSA) is 53.9 Å². The van der Waals surface area contributed by atoms with Gasteiger partial charge in [0.05, 0.1) is 5.52 Å². The number of para-hydroxylation sites is 1. The molecule has 3 aromatic heterocycles. The van der Waals surface area contributed by atoms with E-state index in [1.165, 1.54) is 5.56 Å². The number of rotatable bonds is 5. The maximum Gasteiger partial charge on any atom is 0.163 e. The fraction of sp³-hybridized carbons (Fsp3) is 0.227. The van der Waals surface area contributed by atoms with Gasteiger partial charge in [-0.2, -0.15) is 0 Å². The van der Waals surface area contributed by atoms with E-state index < -0.39 is 0 Å². The van der Waals surface area contributed by atoms with Crippen LogP contribution in [0, 0.1) is 0 Å². The van der Waals surface area contributed by atoms with Crippen molar-refractivity contribution in [1.29, 1.82) is 0 Å². The van der Waals surface area contributed by atoms with E-state index in [0.29, 0.717) is 5.82 Å². The first kappa shape index (κ1) is 17.3. The molecule has 5 rings (SSSR count). The van der Waals surface area contributed by atoms with Crippen LogP contribution < -0.4 is 5.32 Å². The average Bonchev–Trinajstić information content (AvgIpc) is 3.22. The van der Waals surface area contributed by atoms with Crippen LogP contribution in [0.1, 0.15) is 10.4 Å². The third-order valence-corrected chi connectivity index (χ3v) is 6.15. The standard InChI is InChI=1S/C22H21N5S/c1-2-6-19-18(5-1)22(26-21(25-19)16-4-3-9-23-14-16)24-10-12-27-11-7-20-17(15-27)8-13-28-20/h1-6,8-9,13-14H,7,10-12,15H2,(H,24,25,26). The first-order chi connectivity index (χ1) is 13.9. The van der Waals surface area contributed by atoms with E-state index in [4.69, 9.17) is 9.97 Å². The van der Waals surface area contributed by atoms with Crippen molar-refractivity contribution >= 4 is 28.1 Å². The van der Waals surface area contributed by atoms with Gasteiger partial charge in [-0.15, -0.1) is 11.3 Å². The number of thiophene rings is 1. The van der Waals surface area contributed by atoms with Crippen molar-refractivity contribution in [2.24, 2.45) is 0 Å². The quantitative estimate of drug-likeness (QED) is 0.556. The highest BCUT2D eigenvalue weighted by Crippen LogP contribution is 2.25. The molecule has 0 unspecified atom stereocenters. The first-order valence-corrected chi connectivity index (χ1v) is 10.4. The van der Waals surface area contributed by atoms with E-state index in [2.05, 4.69) is 32.7 Å². The summed E-state index contributed by atoms with van der Waals surface area (Å²) in [5, 5.41) is 6.81. The SMILES string of the molecule is c1cncc(-c2nc(NCCN3CCc4sccc4C3)c3ccccc3n2)c1. The number of benzene rings is 1. The molecule has 0 saturated heterocycles. The van der Waals surface area contributed by atoms with Crippen molar-refractivity contribution in [1.82, 2.24) is 19.9 Å². The van der Waals surface area contributed by atoms with Crippen molar-refractivity contribution in [3.63, 3.8) is 0 Å². The lowest BCUT2D eigenvalue weighted by Gasteiger charge is -2.26. The Hall–Kier alpha value is -2.83. The fourth-order valence-electron chi connectivity index (χ4n) is 3.67. The molecule has 28 heavy (non-hydrogen) atoms. The largest absolute Gasteiger partial charge is 0.368 e. The molecule has 0 spiro atoms. The minimum Gasteiger partial charge on any atom is -0.368 e. The Morgan fingerprint density at radius 3 is 2.96 bits per heavy atom. The second-order valence-electron chi connectivity index (χ2n) is 6.98. The molecule has 4 aromatic rings. The Balaban J connectivity index is 1.35. The molecule has 0 amide bonds. The molecule has 1 aliphatic heterocycles. The lowest BCUT2D eigenvalue weighted by atomic mass is 10.1. The molecule has 0 saturated carbocycles. The van der Waals surface area contributed by atoms with Crippen LogP contribution >= 0.6 is 11.3 Å². The van der Waals surface area contributed by atoms with Crippen LogP contribution in [-0.2, 0) is 13.0 Å². The van der Waals surface area contributed by atoms with Crippen LogP contribution in [0.25, 0.3) is 22.3 Å². The smallest absolute Gasteiger partial charge is 0.163 e. The second-order valence-corrected chi connectivity index (χ2v) is 7.98. The molecule has 4 heterocycles. The van der Waals surface area contributed by atoms with Crippen molar-refractivity contribution in [2.45, 2.75) is 13.0 Å². The zero-order valence-electron chi connectivity index (χ0n) is 15.5. The van der Waals surface area contributed by atoms with Gasteiger partial charge in [0.2, 0.25) is 0 Å². The van der Waals surface area contributed by atoms with Crippen LogP contribution in [0.4, 0.5) is 5.82 Å². The summed E-state index contributed by atoms with van der Waals surface area (Å²) in [5.41, 5.74) is 3.36. The third-order valence-electron chi connectivity index (χ3n) is 5.13. The van der Waals surface area contributed by atoms with Gasteiger partial charge < -0.3 is 5.32 Å². The van der Waals surface area contributed by atoms with Gasteiger partial charge in [0.1, 0.15) is 5.82 Å². The summed E-state index contributed by atoms with van der Waals surface area (Å²) in [5.74, 6) is 1.59. The number of nitrogens with one attached hydrogen (secondary N) is 1. The number of nitrogens with zero attached hydrogens (tertiary/aromatic N) is 4. The number of anilines is 1. The molecule has 6 heteroatoms. The van der Waals surface area contributed by atoms with Gasteiger partial charge in [0, 0.05) is 54.4 Å². The van der Waals surface area contributed by atoms with Gasteiger partial charge >= 0.3 is 0 Å². The van der Waals surface area contributed by atoms with Crippen molar-refractivity contribution in [3.05, 3.63) is 70.7 Å². The van der Waals surface area contributed by atoms with E-state index in [0.717, 1.165) is 54.9 Å². The van der Waals surface area contributed by atoms with Crippen LogP contribution in [0.5, 0.6) is 0 Å². The molecule has 1 aliphatic rings. The first-order valence-electron chi connectivity index (χ1n) is 9.55. The monoisotopic (exact) mass is 387 g/mol. The highest BCUT2D eigenvalue weighted by atomic mass is 32.1. The second kappa shape index (κ2) is 7.66. The summed E-state index contributed by atoms with van der Waals surface area (Å²) in [7, 11) is 0. The highest BCUT2D eigenvalue weighted by molar-refractivity contribution is 7.10. The van der Waals surface area contributed by atoms with Crippen LogP contribution in [0.2, 0.25) is 0 Å². The van der Waals surface area contributed by atoms with E-state index in [1.807, 2.05) is 41.7 Å². The zero-order valence-corrected chi connectivity index (χ0v) is 16.3. The van der Waals surface area contributed by atoms with Crippen molar-refractivity contribution in [3.8, 4) is 11.4 Å². The molecule has 0 fully saturated rings. The number of hydrogen-bond acceptors (Lipinski definition) is 6. The van der Waals surface area contributed by atoms with E-state index in [1.54, 1.807) is 17.3 Å². The summed E-state index contributed by atoms with van der Waals surface area (Å²) >= 11 is 1.88. The van der Waals surface area contributed by atoms with E-state index in [9.17, 15) is 0 Å². The summed E-state index contributed by atoms with van der Waals surface area (Å²) < 4.78 is 0. The van der Waals surface area contributed by atoms with Gasteiger partial charge in [-0.3, -0.25) is 9.88 Å².